The van der Waals surface area contributed by atoms with E-state index in [1.54, 1.807) is 12.1 Å². The molecule has 3 aromatic rings. The topological polar surface area (TPSA) is 75.9 Å². The number of aliphatic hydroxyl groups excluding tert-OH is 1. The van der Waals surface area contributed by atoms with Gasteiger partial charge in [0.1, 0.15) is 0 Å². The summed E-state index contributed by atoms with van der Waals surface area (Å²) >= 11 is 0. The van der Waals surface area contributed by atoms with Gasteiger partial charge < -0.3 is 10.4 Å². The van der Waals surface area contributed by atoms with Crippen molar-refractivity contribution < 1.29 is 13.9 Å². The molecule has 2 aromatic carbocycles. The lowest BCUT2D eigenvalue weighted by atomic mass is 10.1. The van der Waals surface area contributed by atoms with E-state index in [1.165, 1.54) is 16.9 Å². The number of alkyl halides is 2. The number of aromatic nitrogens is 4. The number of anilines is 2. The molecule has 8 heteroatoms. The summed E-state index contributed by atoms with van der Waals surface area (Å²) in [5.41, 5.74) is 3.24. The average Bonchev–Trinajstić information content (AvgIpc) is 3.10. The van der Waals surface area contributed by atoms with Gasteiger partial charge in [-0.15, -0.1) is 10.2 Å². The maximum atomic E-state index is 13.4. The van der Waals surface area contributed by atoms with E-state index >= 15 is 0 Å². The highest BCUT2D eigenvalue weighted by Gasteiger charge is 2.23. The number of hydrogen-bond donors (Lipinski definition) is 2. The predicted molar refractivity (Wildman–Crippen MR) is 99.0 cm³/mol. The Balaban J connectivity index is 1.92. The van der Waals surface area contributed by atoms with Gasteiger partial charge in [-0.3, -0.25) is 0 Å². The number of tetrazole rings is 1. The molecule has 0 spiro atoms. The largest absolute Gasteiger partial charge is 0.394 e. The quantitative estimate of drug-likeness (QED) is 0.660. The van der Waals surface area contributed by atoms with Crippen molar-refractivity contribution in [2.75, 3.05) is 11.9 Å². The van der Waals surface area contributed by atoms with Crippen molar-refractivity contribution in [1.82, 2.24) is 20.2 Å². The number of halogens is 2. The van der Waals surface area contributed by atoms with Gasteiger partial charge in [0.15, 0.2) is 0 Å². The highest BCUT2D eigenvalue weighted by molar-refractivity contribution is 5.78. The number of nitrogens with zero attached hydrogens (tertiary/aromatic N) is 4. The molecule has 0 atom stereocenters. The second-order valence-electron chi connectivity index (χ2n) is 6.26. The number of aliphatic hydroxyl groups is 1. The first kappa shape index (κ1) is 18.9. The van der Waals surface area contributed by atoms with Crippen LogP contribution in [0.4, 0.5) is 20.2 Å². The van der Waals surface area contributed by atoms with Crippen molar-refractivity contribution >= 4 is 11.4 Å². The summed E-state index contributed by atoms with van der Waals surface area (Å²) in [7, 11) is 0. The van der Waals surface area contributed by atoms with Crippen LogP contribution in [0.1, 0.15) is 25.0 Å². The Hall–Kier alpha value is -2.87. The second-order valence-corrected chi connectivity index (χ2v) is 6.26. The van der Waals surface area contributed by atoms with Crippen LogP contribution in [0, 0.1) is 0 Å². The molecule has 2 N–H and O–H groups in total. The molecule has 6 nitrogen and oxygen atoms in total. The van der Waals surface area contributed by atoms with E-state index in [-0.39, 0.29) is 18.7 Å². The van der Waals surface area contributed by atoms with E-state index in [9.17, 15) is 8.78 Å². The van der Waals surface area contributed by atoms with E-state index in [1.807, 2.05) is 25.1 Å². The number of aryl methyl sites for hydroxylation is 1. The van der Waals surface area contributed by atoms with Gasteiger partial charge in [-0.2, -0.15) is 4.80 Å². The van der Waals surface area contributed by atoms with Crippen molar-refractivity contribution in [2.24, 2.45) is 0 Å². The number of rotatable bonds is 7. The van der Waals surface area contributed by atoms with E-state index in [4.69, 9.17) is 5.11 Å². The summed E-state index contributed by atoms with van der Waals surface area (Å²) in [6.45, 7) is 3.10. The Morgan fingerprint density at radius 1 is 1.15 bits per heavy atom. The molecule has 27 heavy (non-hydrogen) atoms. The summed E-state index contributed by atoms with van der Waals surface area (Å²) in [4.78, 5) is 1.33. The van der Waals surface area contributed by atoms with Crippen molar-refractivity contribution in [3.05, 3.63) is 53.6 Å². The first-order valence-corrected chi connectivity index (χ1v) is 8.68. The van der Waals surface area contributed by atoms with Gasteiger partial charge in [0, 0.05) is 29.4 Å². The van der Waals surface area contributed by atoms with Crippen LogP contribution in [0.2, 0.25) is 0 Å². The Kier molecular flexibility index (Phi) is 5.46. The summed E-state index contributed by atoms with van der Waals surface area (Å²) < 4.78 is 26.8. The highest BCUT2D eigenvalue weighted by Crippen LogP contribution is 2.31. The minimum absolute atomic E-state index is 0.0387. The third kappa shape index (κ3) is 4.46. The van der Waals surface area contributed by atoms with Crippen LogP contribution in [-0.4, -0.2) is 31.9 Å². The SMILES string of the molecule is CCc1ccc(Nc2ccc(C(C)(F)F)cc2)c(-c2nnn(CCO)n2)c1. The van der Waals surface area contributed by atoms with Crippen LogP contribution in [-0.2, 0) is 18.9 Å². The van der Waals surface area contributed by atoms with Gasteiger partial charge in [0.25, 0.3) is 5.92 Å². The van der Waals surface area contributed by atoms with E-state index in [0.29, 0.717) is 11.5 Å². The fourth-order valence-electron chi connectivity index (χ4n) is 2.64. The molecule has 0 radical (unpaired) electrons. The van der Waals surface area contributed by atoms with Crippen LogP contribution in [0.3, 0.4) is 0 Å². The van der Waals surface area contributed by atoms with E-state index < -0.39 is 5.92 Å². The Bertz CT molecular complexity index is 903. The van der Waals surface area contributed by atoms with E-state index in [2.05, 4.69) is 20.7 Å². The van der Waals surface area contributed by atoms with Gasteiger partial charge in [-0.05, 0) is 41.5 Å². The predicted octanol–water partition coefficient (Wildman–Crippen LogP) is 3.75. The fourth-order valence-corrected chi connectivity index (χ4v) is 2.64. The maximum Gasteiger partial charge on any atom is 0.270 e. The number of hydrogen-bond acceptors (Lipinski definition) is 5. The number of benzene rings is 2. The van der Waals surface area contributed by atoms with Crippen molar-refractivity contribution in [2.45, 2.75) is 32.7 Å². The Morgan fingerprint density at radius 2 is 1.89 bits per heavy atom. The van der Waals surface area contributed by atoms with Crippen molar-refractivity contribution in [1.29, 1.82) is 0 Å². The van der Waals surface area contributed by atoms with Crippen LogP contribution in [0.5, 0.6) is 0 Å². The minimum atomic E-state index is -2.87. The molecule has 0 fully saturated rings. The monoisotopic (exact) mass is 373 g/mol. The lowest BCUT2D eigenvalue weighted by Gasteiger charge is -2.14. The zero-order valence-corrected chi connectivity index (χ0v) is 15.2. The molecule has 0 bridgehead atoms. The zero-order valence-electron chi connectivity index (χ0n) is 15.2. The first-order valence-electron chi connectivity index (χ1n) is 8.68. The van der Waals surface area contributed by atoms with Gasteiger partial charge in [0.2, 0.25) is 5.82 Å². The van der Waals surface area contributed by atoms with Crippen LogP contribution in [0.15, 0.2) is 42.5 Å². The molecule has 0 aliphatic heterocycles. The van der Waals surface area contributed by atoms with Gasteiger partial charge in [0.05, 0.1) is 13.2 Å². The molecular formula is C19H21F2N5O. The lowest BCUT2D eigenvalue weighted by molar-refractivity contribution is 0.0175. The van der Waals surface area contributed by atoms with E-state index in [0.717, 1.165) is 30.2 Å². The second kappa shape index (κ2) is 7.79. The van der Waals surface area contributed by atoms with Crippen LogP contribution < -0.4 is 5.32 Å². The Morgan fingerprint density at radius 3 is 2.52 bits per heavy atom. The standard InChI is InChI=1S/C19H21F2N5O/c1-3-13-4-9-17(16(12-13)18-23-25-26(24-18)10-11-27)22-15-7-5-14(6-8-15)19(2,20)21/h4-9,12,22,27H,3,10-11H2,1-2H3. The molecule has 0 aliphatic rings. The first-order chi connectivity index (χ1) is 12.9. The van der Waals surface area contributed by atoms with Crippen LogP contribution >= 0.6 is 0 Å². The fraction of sp³-hybridized carbons (Fsp3) is 0.316. The summed E-state index contributed by atoms with van der Waals surface area (Å²) in [5, 5.41) is 24.5. The molecule has 0 saturated heterocycles. The molecule has 0 amide bonds. The van der Waals surface area contributed by atoms with Gasteiger partial charge in [-0.25, -0.2) is 8.78 Å². The molecule has 1 aromatic heterocycles. The minimum Gasteiger partial charge on any atom is -0.394 e. The maximum absolute atomic E-state index is 13.4. The molecule has 0 aliphatic carbocycles. The lowest BCUT2D eigenvalue weighted by Crippen LogP contribution is -2.06. The molecule has 0 saturated carbocycles. The smallest absolute Gasteiger partial charge is 0.270 e. The molecular weight excluding hydrogens is 352 g/mol. The van der Waals surface area contributed by atoms with Crippen LogP contribution in [0.25, 0.3) is 11.4 Å². The third-order valence-corrected chi connectivity index (χ3v) is 4.16. The van der Waals surface area contributed by atoms with Crippen molar-refractivity contribution in [3.8, 4) is 11.4 Å². The van der Waals surface area contributed by atoms with Gasteiger partial charge in [-0.1, -0.05) is 25.1 Å². The van der Waals surface area contributed by atoms with Gasteiger partial charge >= 0.3 is 0 Å². The third-order valence-electron chi connectivity index (χ3n) is 4.16. The Labute approximate surface area is 155 Å². The molecule has 3 rings (SSSR count). The highest BCUT2D eigenvalue weighted by atomic mass is 19.3. The van der Waals surface area contributed by atoms with Crippen molar-refractivity contribution in [3.63, 3.8) is 0 Å². The zero-order chi connectivity index (χ0) is 19.4. The summed E-state index contributed by atoms with van der Waals surface area (Å²) in [5.74, 6) is -2.44. The summed E-state index contributed by atoms with van der Waals surface area (Å²) in [6.07, 6.45) is 0.846. The molecule has 142 valence electrons. The molecule has 0 unspecified atom stereocenters. The average molecular weight is 373 g/mol. The normalized spacial score (nSPS) is 11.6. The summed E-state index contributed by atoms with van der Waals surface area (Å²) in [6, 6.07) is 11.9. The molecule has 1 heterocycles. The number of nitrogens with one attached hydrogen (secondary N) is 1.